The molecule has 0 atom stereocenters. The second-order valence-electron chi connectivity index (χ2n) is 4.44. The average Bonchev–Trinajstić information content (AvgIpc) is 2.28. The molecule has 0 aliphatic heterocycles. The molecule has 0 radical (unpaired) electrons. The molecule has 0 unspecified atom stereocenters. The van der Waals surface area contributed by atoms with Gasteiger partial charge in [0.15, 0.2) is 0 Å². The molecule has 0 amide bonds. The Morgan fingerprint density at radius 1 is 1.39 bits per heavy atom. The maximum atomic E-state index is 11.9. The minimum Gasteiger partial charge on any atom is -0.399 e. The third-order valence-corrected chi connectivity index (χ3v) is 3.62. The molecule has 6 heteroatoms. The van der Waals surface area contributed by atoms with E-state index < -0.39 is 10.0 Å². The summed E-state index contributed by atoms with van der Waals surface area (Å²) in [6, 6.07) is 6.19. The van der Waals surface area contributed by atoms with Crippen molar-refractivity contribution in [2.24, 2.45) is 5.92 Å². The number of anilines is 1. The molecule has 1 rings (SSSR count). The van der Waals surface area contributed by atoms with Crippen molar-refractivity contribution in [3.8, 4) is 0 Å². The van der Waals surface area contributed by atoms with Crippen LogP contribution in [0.3, 0.4) is 0 Å². The molecule has 0 aliphatic rings. The molecule has 0 fully saturated rings. The van der Waals surface area contributed by atoms with Gasteiger partial charge >= 0.3 is 0 Å². The predicted molar refractivity (Wildman–Crippen MR) is 71.7 cm³/mol. The maximum absolute atomic E-state index is 11.9. The van der Waals surface area contributed by atoms with Gasteiger partial charge in [-0.25, -0.2) is 13.1 Å². The van der Waals surface area contributed by atoms with E-state index in [1.54, 1.807) is 12.1 Å². The Labute approximate surface area is 108 Å². The van der Waals surface area contributed by atoms with Crippen LogP contribution in [-0.2, 0) is 14.8 Å². The molecule has 102 valence electrons. The van der Waals surface area contributed by atoms with Crippen LogP contribution in [0.4, 0.5) is 5.69 Å². The van der Waals surface area contributed by atoms with Crippen molar-refractivity contribution in [3.63, 3.8) is 0 Å². The Morgan fingerprint density at radius 2 is 2.11 bits per heavy atom. The summed E-state index contributed by atoms with van der Waals surface area (Å²) in [7, 11) is -3.49. The zero-order chi connectivity index (χ0) is 13.6. The third-order valence-electron chi connectivity index (χ3n) is 2.16. The van der Waals surface area contributed by atoms with E-state index in [9.17, 15) is 8.42 Å². The summed E-state index contributed by atoms with van der Waals surface area (Å²) >= 11 is 0. The van der Waals surface area contributed by atoms with E-state index in [4.69, 9.17) is 10.5 Å². The highest BCUT2D eigenvalue weighted by atomic mass is 32.2. The number of nitrogens with one attached hydrogen (secondary N) is 1. The lowest BCUT2D eigenvalue weighted by molar-refractivity contribution is 0.114. The number of nitrogens with two attached hydrogens (primary N) is 1. The molecule has 0 bridgehead atoms. The fraction of sp³-hybridized carbons (Fsp3) is 0.500. The van der Waals surface area contributed by atoms with E-state index in [0.717, 1.165) is 0 Å². The summed E-state index contributed by atoms with van der Waals surface area (Å²) in [5.74, 6) is 0.440. The Hall–Kier alpha value is -1.11. The highest BCUT2D eigenvalue weighted by Gasteiger charge is 2.13. The van der Waals surface area contributed by atoms with Crippen molar-refractivity contribution < 1.29 is 13.2 Å². The summed E-state index contributed by atoms with van der Waals surface area (Å²) in [5.41, 5.74) is 5.97. The molecule has 1 aromatic carbocycles. The first-order chi connectivity index (χ1) is 8.42. The number of nitrogen functional groups attached to an aromatic ring is 1. The van der Waals surface area contributed by atoms with Crippen molar-refractivity contribution in [1.29, 1.82) is 0 Å². The molecule has 0 saturated carbocycles. The zero-order valence-corrected chi connectivity index (χ0v) is 11.5. The number of sulfonamides is 1. The van der Waals surface area contributed by atoms with Crippen molar-refractivity contribution in [3.05, 3.63) is 24.3 Å². The fourth-order valence-corrected chi connectivity index (χ4v) is 2.40. The maximum Gasteiger partial charge on any atom is 0.240 e. The van der Waals surface area contributed by atoms with Gasteiger partial charge in [0.05, 0.1) is 11.5 Å². The Balaban J connectivity index is 2.46. The van der Waals surface area contributed by atoms with Gasteiger partial charge < -0.3 is 10.5 Å². The van der Waals surface area contributed by atoms with Crippen molar-refractivity contribution in [1.82, 2.24) is 4.72 Å². The molecule has 0 spiro atoms. The van der Waals surface area contributed by atoms with Crippen LogP contribution < -0.4 is 10.5 Å². The van der Waals surface area contributed by atoms with Crippen LogP contribution in [0.5, 0.6) is 0 Å². The molecule has 0 aromatic heterocycles. The fourth-order valence-electron chi connectivity index (χ4n) is 1.33. The van der Waals surface area contributed by atoms with Gasteiger partial charge in [-0.3, -0.25) is 0 Å². The van der Waals surface area contributed by atoms with E-state index in [2.05, 4.69) is 4.72 Å². The summed E-state index contributed by atoms with van der Waals surface area (Å²) in [5, 5.41) is 0. The monoisotopic (exact) mass is 272 g/mol. The van der Waals surface area contributed by atoms with Crippen molar-refractivity contribution in [2.75, 3.05) is 25.5 Å². The summed E-state index contributed by atoms with van der Waals surface area (Å²) in [6.07, 6.45) is 0. The molecular weight excluding hydrogens is 252 g/mol. The normalized spacial score (nSPS) is 11.9. The van der Waals surface area contributed by atoms with Crippen LogP contribution in [-0.4, -0.2) is 28.2 Å². The van der Waals surface area contributed by atoms with Crippen LogP contribution in [0.2, 0.25) is 0 Å². The summed E-state index contributed by atoms with van der Waals surface area (Å²) in [6.45, 7) is 5.32. The molecule has 18 heavy (non-hydrogen) atoms. The van der Waals surface area contributed by atoms with Crippen LogP contribution in [0.15, 0.2) is 29.2 Å². The first-order valence-electron chi connectivity index (χ1n) is 5.85. The van der Waals surface area contributed by atoms with Crippen LogP contribution in [0, 0.1) is 5.92 Å². The van der Waals surface area contributed by atoms with Gasteiger partial charge in [0.2, 0.25) is 10.0 Å². The number of benzene rings is 1. The predicted octanol–water partition coefficient (Wildman–Crippen LogP) is 1.22. The molecule has 1 aromatic rings. The van der Waals surface area contributed by atoms with Gasteiger partial charge in [0, 0.05) is 18.8 Å². The van der Waals surface area contributed by atoms with Gasteiger partial charge in [-0.05, 0) is 24.1 Å². The second kappa shape index (κ2) is 6.72. The minimum absolute atomic E-state index is 0.173. The van der Waals surface area contributed by atoms with E-state index in [1.165, 1.54) is 12.1 Å². The quantitative estimate of drug-likeness (QED) is 0.577. The number of hydrogen-bond acceptors (Lipinski definition) is 4. The standard InChI is InChI=1S/C12H20N2O3S/c1-10(2)9-17-7-6-14-18(15,16)12-5-3-4-11(13)8-12/h3-5,8,10,14H,6-7,9,13H2,1-2H3. The molecular formula is C12H20N2O3S. The molecule has 3 N–H and O–H groups in total. The smallest absolute Gasteiger partial charge is 0.240 e. The molecule has 5 nitrogen and oxygen atoms in total. The third kappa shape index (κ3) is 5.03. The largest absolute Gasteiger partial charge is 0.399 e. The Bertz CT molecular complexity index is 472. The van der Waals surface area contributed by atoms with E-state index in [0.29, 0.717) is 24.8 Å². The summed E-state index contributed by atoms with van der Waals surface area (Å²) < 4.78 is 31.5. The van der Waals surface area contributed by atoms with Crippen LogP contribution in [0.25, 0.3) is 0 Å². The zero-order valence-electron chi connectivity index (χ0n) is 10.7. The van der Waals surface area contributed by atoms with Crippen molar-refractivity contribution >= 4 is 15.7 Å². The first kappa shape index (κ1) is 14.9. The lowest BCUT2D eigenvalue weighted by Crippen LogP contribution is -2.27. The number of ether oxygens (including phenoxy) is 1. The minimum atomic E-state index is -3.49. The lowest BCUT2D eigenvalue weighted by Gasteiger charge is -2.09. The molecule has 0 saturated heterocycles. The molecule has 0 aliphatic carbocycles. The van der Waals surface area contributed by atoms with Crippen LogP contribution >= 0.6 is 0 Å². The van der Waals surface area contributed by atoms with E-state index in [-0.39, 0.29) is 11.4 Å². The number of hydrogen-bond donors (Lipinski definition) is 2. The van der Waals surface area contributed by atoms with E-state index >= 15 is 0 Å². The summed E-state index contributed by atoms with van der Waals surface area (Å²) in [4.78, 5) is 0.173. The van der Waals surface area contributed by atoms with Gasteiger partial charge in [-0.1, -0.05) is 19.9 Å². The van der Waals surface area contributed by atoms with Gasteiger partial charge in [-0.2, -0.15) is 0 Å². The first-order valence-corrected chi connectivity index (χ1v) is 7.33. The van der Waals surface area contributed by atoms with Crippen molar-refractivity contribution in [2.45, 2.75) is 18.7 Å². The lowest BCUT2D eigenvalue weighted by atomic mass is 10.2. The van der Waals surface area contributed by atoms with Gasteiger partial charge in [-0.15, -0.1) is 0 Å². The number of rotatable bonds is 7. The highest BCUT2D eigenvalue weighted by molar-refractivity contribution is 7.89. The topological polar surface area (TPSA) is 81.4 Å². The average molecular weight is 272 g/mol. The Morgan fingerprint density at radius 3 is 2.72 bits per heavy atom. The van der Waals surface area contributed by atoms with Gasteiger partial charge in [0.25, 0.3) is 0 Å². The molecule has 0 heterocycles. The highest BCUT2D eigenvalue weighted by Crippen LogP contribution is 2.12. The Kier molecular flexibility index (Phi) is 5.58. The van der Waals surface area contributed by atoms with Crippen LogP contribution in [0.1, 0.15) is 13.8 Å². The SMILES string of the molecule is CC(C)COCCNS(=O)(=O)c1cccc(N)c1. The van der Waals surface area contributed by atoms with Gasteiger partial charge in [0.1, 0.15) is 0 Å². The van der Waals surface area contributed by atoms with E-state index in [1.807, 2.05) is 13.8 Å². The second-order valence-corrected chi connectivity index (χ2v) is 6.21.